The van der Waals surface area contributed by atoms with Crippen molar-refractivity contribution in [3.8, 4) is 0 Å². The first-order valence-electron chi connectivity index (χ1n) is 7.91. The van der Waals surface area contributed by atoms with Crippen LogP contribution in [0.1, 0.15) is 21.5 Å². The van der Waals surface area contributed by atoms with Crippen molar-refractivity contribution < 1.29 is 19.2 Å². The summed E-state index contributed by atoms with van der Waals surface area (Å²) < 4.78 is 4.64. The van der Waals surface area contributed by atoms with Crippen LogP contribution in [0.5, 0.6) is 0 Å². The van der Waals surface area contributed by atoms with Gasteiger partial charge in [-0.1, -0.05) is 35.5 Å². The summed E-state index contributed by atoms with van der Waals surface area (Å²) >= 11 is 0. The highest BCUT2D eigenvalue weighted by atomic mass is 16.6. The van der Waals surface area contributed by atoms with E-state index in [1.165, 1.54) is 18.9 Å². The molecule has 0 radical (unpaired) electrons. The maximum atomic E-state index is 12.2. The molecule has 0 spiro atoms. The third-order valence-electron chi connectivity index (χ3n) is 3.98. The summed E-state index contributed by atoms with van der Waals surface area (Å²) in [6, 6.07) is 14.6. The van der Waals surface area contributed by atoms with E-state index < -0.39 is 5.97 Å². The first-order valence-corrected chi connectivity index (χ1v) is 7.91. The predicted octanol–water partition coefficient (Wildman–Crippen LogP) is 2.41. The lowest BCUT2D eigenvalue weighted by molar-refractivity contribution is -0.122. The van der Waals surface area contributed by atoms with E-state index in [4.69, 9.17) is 4.84 Å². The molecular weight excluding hydrogens is 320 g/mol. The molecule has 0 N–H and O–H groups in total. The van der Waals surface area contributed by atoms with Crippen molar-refractivity contribution in [2.24, 2.45) is 5.16 Å². The van der Waals surface area contributed by atoms with E-state index >= 15 is 0 Å². The number of oxime groups is 1. The number of amides is 1. The fourth-order valence-electron chi connectivity index (χ4n) is 2.69. The Labute approximate surface area is 145 Å². The number of hydrogen-bond acceptors (Lipinski definition) is 5. The molecule has 128 valence electrons. The van der Waals surface area contributed by atoms with E-state index in [-0.39, 0.29) is 12.5 Å². The van der Waals surface area contributed by atoms with E-state index in [9.17, 15) is 9.59 Å². The molecule has 1 aliphatic rings. The van der Waals surface area contributed by atoms with Gasteiger partial charge in [0, 0.05) is 12.2 Å². The third-order valence-corrected chi connectivity index (χ3v) is 3.98. The summed E-state index contributed by atoms with van der Waals surface area (Å²) in [5.74, 6) is -0.514. The number of fused-ring (bicyclic) bond motifs is 1. The molecule has 1 heterocycles. The first-order chi connectivity index (χ1) is 12.2. The van der Waals surface area contributed by atoms with Gasteiger partial charge in [-0.2, -0.15) is 0 Å². The van der Waals surface area contributed by atoms with Crippen molar-refractivity contribution in [1.82, 2.24) is 0 Å². The molecular formula is C19H18N2O4. The van der Waals surface area contributed by atoms with Crippen LogP contribution >= 0.6 is 0 Å². The monoisotopic (exact) mass is 338 g/mol. The minimum atomic E-state index is -0.392. The number of carbonyl (C=O) groups is 2. The van der Waals surface area contributed by atoms with E-state index in [1.54, 1.807) is 29.2 Å². The summed E-state index contributed by atoms with van der Waals surface area (Å²) in [5.41, 5.74) is 3.33. The molecule has 0 aromatic heterocycles. The maximum absolute atomic E-state index is 12.2. The molecule has 0 saturated carbocycles. The Hall–Kier alpha value is -3.15. The molecule has 1 aliphatic heterocycles. The fourth-order valence-corrected chi connectivity index (χ4v) is 2.69. The lowest BCUT2D eigenvalue weighted by Crippen LogP contribution is -2.31. The van der Waals surface area contributed by atoms with Crippen molar-refractivity contribution >= 4 is 23.8 Å². The fraction of sp³-hybridized carbons (Fsp3) is 0.211. The van der Waals surface area contributed by atoms with Crippen LogP contribution in [0.3, 0.4) is 0 Å². The minimum absolute atomic E-state index is 0.120. The predicted molar refractivity (Wildman–Crippen MR) is 93.8 cm³/mol. The van der Waals surface area contributed by atoms with Crippen molar-refractivity contribution in [2.45, 2.75) is 6.42 Å². The lowest BCUT2D eigenvalue weighted by atomic mass is 10.1. The Morgan fingerprint density at radius 2 is 1.92 bits per heavy atom. The highest BCUT2D eigenvalue weighted by Crippen LogP contribution is 2.27. The lowest BCUT2D eigenvalue weighted by Gasteiger charge is -2.16. The van der Waals surface area contributed by atoms with Gasteiger partial charge in [-0.15, -0.1) is 0 Å². The van der Waals surface area contributed by atoms with Crippen LogP contribution in [0.25, 0.3) is 0 Å². The molecule has 2 aromatic carbocycles. The standard InChI is InChI=1S/C19H18N2O4/c1-24-19(23)16-8-6-14(7-9-16)12-20-25-13-18(22)21-11-10-15-4-2-3-5-17(15)21/h2-9,12H,10-11,13H2,1H3/b20-12+. The quantitative estimate of drug-likeness (QED) is 0.477. The van der Waals surface area contributed by atoms with Gasteiger partial charge in [-0.05, 0) is 35.7 Å². The van der Waals surface area contributed by atoms with Crippen LogP contribution in [-0.4, -0.2) is 38.4 Å². The van der Waals surface area contributed by atoms with E-state index in [0.717, 1.165) is 17.7 Å². The number of carbonyl (C=O) groups excluding carboxylic acids is 2. The zero-order valence-corrected chi connectivity index (χ0v) is 13.8. The van der Waals surface area contributed by atoms with Gasteiger partial charge in [0.2, 0.25) is 0 Å². The molecule has 2 aromatic rings. The smallest absolute Gasteiger partial charge is 0.337 e. The molecule has 0 bridgehead atoms. The Bertz CT molecular complexity index is 799. The molecule has 6 nitrogen and oxygen atoms in total. The molecule has 6 heteroatoms. The number of ether oxygens (including phenoxy) is 1. The average molecular weight is 338 g/mol. The number of para-hydroxylation sites is 1. The van der Waals surface area contributed by atoms with Gasteiger partial charge < -0.3 is 14.5 Å². The Morgan fingerprint density at radius 1 is 1.16 bits per heavy atom. The van der Waals surface area contributed by atoms with Gasteiger partial charge in [0.05, 0.1) is 18.9 Å². The molecule has 1 amide bonds. The zero-order valence-electron chi connectivity index (χ0n) is 13.8. The van der Waals surface area contributed by atoms with Crippen LogP contribution in [0.2, 0.25) is 0 Å². The molecule has 25 heavy (non-hydrogen) atoms. The molecule has 0 unspecified atom stereocenters. The van der Waals surface area contributed by atoms with Crippen molar-refractivity contribution in [3.05, 3.63) is 65.2 Å². The molecule has 0 saturated heterocycles. The van der Waals surface area contributed by atoms with E-state index in [1.807, 2.05) is 24.3 Å². The molecule has 0 fully saturated rings. The van der Waals surface area contributed by atoms with Crippen LogP contribution in [-0.2, 0) is 20.8 Å². The van der Waals surface area contributed by atoms with E-state index in [0.29, 0.717) is 12.1 Å². The minimum Gasteiger partial charge on any atom is -0.465 e. The Kier molecular flexibility index (Phi) is 5.09. The van der Waals surface area contributed by atoms with Crippen molar-refractivity contribution in [2.75, 3.05) is 25.2 Å². The number of methoxy groups -OCH3 is 1. The number of benzene rings is 2. The number of anilines is 1. The second kappa shape index (κ2) is 7.61. The second-order valence-corrected chi connectivity index (χ2v) is 5.55. The van der Waals surface area contributed by atoms with Crippen LogP contribution in [0.4, 0.5) is 5.69 Å². The largest absolute Gasteiger partial charge is 0.465 e. The van der Waals surface area contributed by atoms with Gasteiger partial charge in [0.1, 0.15) is 0 Å². The topological polar surface area (TPSA) is 68.2 Å². The van der Waals surface area contributed by atoms with Crippen LogP contribution < -0.4 is 4.90 Å². The van der Waals surface area contributed by atoms with Gasteiger partial charge in [0.15, 0.2) is 6.61 Å². The van der Waals surface area contributed by atoms with Crippen molar-refractivity contribution in [3.63, 3.8) is 0 Å². The van der Waals surface area contributed by atoms with Gasteiger partial charge in [-0.3, -0.25) is 4.79 Å². The maximum Gasteiger partial charge on any atom is 0.337 e. The van der Waals surface area contributed by atoms with Crippen LogP contribution in [0, 0.1) is 0 Å². The summed E-state index contributed by atoms with van der Waals surface area (Å²) in [6.07, 6.45) is 2.35. The molecule has 3 rings (SSSR count). The number of esters is 1. The van der Waals surface area contributed by atoms with Crippen molar-refractivity contribution in [1.29, 1.82) is 0 Å². The summed E-state index contributed by atoms with van der Waals surface area (Å²) in [6.45, 7) is 0.547. The Balaban J connectivity index is 1.52. The van der Waals surface area contributed by atoms with Gasteiger partial charge in [0.25, 0.3) is 5.91 Å². The number of hydrogen-bond donors (Lipinski definition) is 0. The normalized spacial score (nSPS) is 12.9. The average Bonchev–Trinajstić information content (AvgIpc) is 3.09. The summed E-state index contributed by atoms with van der Waals surface area (Å²) in [4.78, 5) is 30.4. The van der Waals surface area contributed by atoms with E-state index in [2.05, 4.69) is 9.89 Å². The second-order valence-electron chi connectivity index (χ2n) is 5.55. The molecule has 0 atom stereocenters. The van der Waals surface area contributed by atoms with Gasteiger partial charge >= 0.3 is 5.97 Å². The Morgan fingerprint density at radius 3 is 2.68 bits per heavy atom. The first kappa shape index (κ1) is 16.7. The summed E-state index contributed by atoms with van der Waals surface area (Å²) in [7, 11) is 1.33. The highest BCUT2D eigenvalue weighted by molar-refractivity contribution is 5.96. The third kappa shape index (κ3) is 3.85. The zero-order chi connectivity index (χ0) is 17.6. The SMILES string of the molecule is COC(=O)c1ccc(/C=N/OCC(=O)N2CCc3ccccc32)cc1. The number of nitrogens with zero attached hydrogens (tertiary/aromatic N) is 2. The highest BCUT2D eigenvalue weighted by Gasteiger charge is 2.24. The number of rotatable bonds is 5. The molecule has 0 aliphatic carbocycles. The van der Waals surface area contributed by atoms with Gasteiger partial charge in [-0.25, -0.2) is 4.79 Å². The van der Waals surface area contributed by atoms with Crippen LogP contribution in [0.15, 0.2) is 53.7 Å². The summed E-state index contributed by atoms with van der Waals surface area (Å²) in [5, 5.41) is 3.81.